The molecule has 1 aromatic rings. The first kappa shape index (κ1) is 14.9. The predicted molar refractivity (Wildman–Crippen MR) is 68.7 cm³/mol. The van der Waals surface area contributed by atoms with Crippen molar-refractivity contribution < 1.29 is 13.9 Å². The van der Waals surface area contributed by atoms with Crippen molar-refractivity contribution in [1.29, 1.82) is 0 Å². The van der Waals surface area contributed by atoms with Crippen LogP contribution in [-0.4, -0.2) is 19.3 Å². The smallest absolute Gasteiger partial charge is 0.165 e. The van der Waals surface area contributed by atoms with E-state index in [9.17, 15) is 4.39 Å². The number of halogens is 1. The van der Waals surface area contributed by atoms with E-state index in [1.54, 1.807) is 12.1 Å². The van der Waals surface area contributed by atoms with Gasteiger partial charge in [-0.05, 0) is 38.5 Å². The van der Waals surface area contributed by atoms with Gasteiger partial charge in [-0.3, -0.25) is 11.3 Å². The molecule has 0 amide bonds. The van der Waals surface area contributed by atoms with Crippen LogP contribution in [0.1, 0.15) is 32.4 Å². The Bertz CT molecular complexity index is 397. The second kappa shape index (κ2) is 6.13. The van der Waals surface area contributed by atoms with Crippen LogP contribution in [0, 0.1) is 5.82 Å². The Labute approximate surface area is 107 Å². The zero-order valence-corrected chi connectivity index (χ0v) is 11.3. The maximum Gasteiger partial charge on any atom is 0.165 e. The van der Waals surface area contributed by atoms with Gasteiger partial charge in [-0.15, -0.1) is 0 Å². The van der Waals surface area contributed by atoms with Crippen LogP contribution in [0.15, 0.2) is 18.2 Å². The van der Waals surface area contributed by atoms with Crippen molar-refractivity contribution in [2.75, 3.05) is 13.7 Å². The Hall–Kier alpha value is -1.17. The second-order valence-electron chi connectivity index (χ2n) is 4.53. The largest absolute Gasteiger partial charge is 0.494 e. The number of nitrogens with one attached hydrogen (secondary N) is 1. The topological polar surface area (TPSA) is 56.5 Å². The molecule has 0 saturated heterocycles. The number of hydrogen-bond acceptors (Lipinski definition) is 4. The number of ether oxygens (including phenoxy) is 2. The van der Waals surface area contributed by atoms with Crippen LogP contribution in [0.25, 0.3) is 0 Å². The van der Waals surface area contributed by atoms with E-state index in [2.05, 4.69) is 5.43 Å². The number of nitrogens with two attached hydrogens (primary N) is 1. The van der Waals surface area contributed by atoms with Crippen LogP contribution in [0.3, 0.4) is 0 Å². The lowest BCUT2D eigenvalue weighted by Crippen LogP contribution is -2.44. The van der Waals surface area contributed by atoms with Crippen molar-refractivity contribution in [2.24, 2.45) is 5.84 Å². The fraction of sp³-hybridized carbons (Fsp3) is 0.538. The van der Waals surface area contributed by atoms with Crippen LogP contribution in [0.5, 0.6) is 5.75 Å². The van der Waals surface area contributed by atoms with Gasteiger partial charge >= 0.3 is 0 Å². The first-order valence-corrected chi connectivity index (χ1v) is 5.89. The van der Waals surface area contributed by atoms with Crippen LogP contribution < -0.4 is 16.0 Å². The maximum absolute atomic E-state index is 13.7. The highest BCUT2D eigenvalue weighted by atomic mass is 19.1. The minimum absolute atomic E-state index is 0.212. The summed E-state index contributed by atoms with van der Waals surface area (Å²) in [4.78, 5) is 0. The molecule has 0 aromatic heterocycles. The van der Waals surface area contributed by atoms with Crippen LogP contribution in [-0.2, 0) is 4.74 Å². The molecule has 3 N–H and O–H groups in total. The third-order valence-corrected chi connectivity index (χ3v) is 2.89. The van der Waals surface area contributed by atoms with E-state index < -0.39 is 11.4 Å². The molecule has 1 rings (SSSR count). The van der Waals surface area contributed by atoms with Gasteiger partial charge in [-0.25, -0.2) is 4.39 Å². The van der Waals surface area contributed by atoms with Gasteiger partial charge in [0.1, 0.15) is 0 Å². The van der Waals surface area contributed by atoms with Crippen molar-refractivity contribution in [3.63, 3.8) is 0 Å². The van der Waals surface area contributed by atoms with Gasteiger partial charge in [0.15, 0.2) is 11.6 Å². The molecular weight excluding hydrogens is 235 g/mol. The quantitative estimate of drug-likeness (QED) is 0.605. The number of benzene rings is 1. The monoisotopic (exact) mass is 256 g/mol. The highest BCUT2D eigenvalue weighted by Gasteiger charge is 2.31. The molecule has 18 heavy (non-hydrogen) atoms. The van der Waals surface area contributed by atoms with E-state index in [-0.39, 0.29) is 11.8 Å². The summed E-state index contributed by atoms with van der Waals surface area (Å²) in [6.45, 7) is 6.28. The molecule has 0 aliphatic rings. The first-order chi connectivity index (χ1) is 8.46. The Morgan fingerprint density at radius 3 is 2.56 bits per heavy atom. The number of rotatable bonds is 6. The van der Waals surface area contributed by atoms with E-state index in [4.69, 9.17) is 15.3 Å². The van der Waals surface area contributed by atoms with Crippen molar-refractivity contribution in [2.45, 2.75) is 32.4 Å². The Balaban J connectivity index is 3.05. The van der Waals surface area contributed by atoms with Crippen molar-refractivity contribution in [1.82, 2.24) is 5.43 Å². The average Bonchev–Trinajstić information content (AvgIpc) is 2.29. The molecule has 1 unspecified atom stereocenters. The van der Waals surface area contributed by atoms with Gasteiger partial charge in [0.05, 0.1) is 18.8 Å². The van der Waals surface area contributed by atoms with Gasteiger partial charge in [0, 0.05) is 6.61 Å². The molecule has 1 atom stereocenters. The molecule has 0 aliphatic carbocycles. The number of hydrogen-bond donors (Lipinski definition) is 2. The van der Waals surface area contributed by atoms with Gasteiger partial charge in [-0.2, -0.15) is 0 Å². The zero-order chi connectivity index (χ0) is 13.8. The average molecular weight is 256 g/mol. The Morgan fingerprint density at radius 1 is 1.44 bits per heavy atom. The molecule has 0 aliphatic heterocycles. The van der Waals surface area contributed by atoms with Gasteiger partial charge in [-0.1, -0.05) is 6.07 Å². The lowest BCUT2D eigenvalue weighted by atomic mass is 9.92. The minimum atomic E-state index is -0.537. The lowest BCUT2D eigenvalue weighted by Gasteiger charge is -2.34. The van der Waals surface area contributed by atoms with E-state index in [0.29, 0.717) is 12.2 Å². The van der Waals surface area contributed by atoms with E-state index >= 15 is 0 Å². The SMILES string of the molecule is CCOC(C)(C)C(NN)c1ccc(OC)c(F)c1. The summed E-state index contributed by atoms with van der Waals surface area (Å²) in [5, 5.41) is 0. The summed E-state index contributed by atoms with van der Waals surface area (Å²) < 4.78 is 24.2. The summed E-state index contributed by atoms with van der Waals surface area (Å²) in [5.41, 5.74) is 2.86. The molecular formula is C13H21FN2O2. The third-order valence-electron chi connectivity index (χ3n) is 2.89. The molecule has 1 aromatic carbocycles. The van der Waals surface area contributed by atoms with Crippen molar-refractivity contribution >= 4 is 0 Å². The number of methoxy groups -OCH3 is 1. The fourth-order valence-electron chi connectivity index (χ4n) is 2.02. The van der Waals surface area contributed by atoms with Gasteiger partial charge < -0.3 is 9.47 Å². The molecule has 0 heterocycles. The zero-order valence-electron chi connectivity index (χ0n) is 11.3. The maximum atomic E-state index is 13.7. The molecule has 0 spiro atoms. The van der Waals surface area contributed by atoms with E-state index in [0.717, 1.165) is 0 Å². The standard InChI is InChI=1S/C13H21FN2O2/c1-5-18-13(2,3)12(16-15)9-6-7-11(17-4)10(14)8-9/h6-8,12,16H,5,15H2,1-4H3. The van der Waals surface area contributed by atoms with Crippen molar-refractivity contribution in [3.05, 3.63) is 29.6 Å². The highest BCUT2D eigenvalue weighted by Crippen LogP contribution is 2.30. The van der Waals surface area contributed by atoms with Gasteiger partial charge in [0.2, 0.25) is 0 Å². The molecule has 0 fully saturated rings. The summed E-state index contributed by atoms with van der Waals surface area (Å²) in [5.74, 6) is 5.36. The summed E-state index contributed by atoms with van der Waals surface area (Å²) in [6, 6.07) is 4.45. The van der Waals surface area contributed by atoms with Crippen molar-refractivity contribution in [3.8, 4) is 5.75 Å². The Morgan fingerprint density at radius 2 is 2.11 bits per heavy atom. The third kappa shape index (κ3) is 3.19. The first-order valence-electron chi connectivity index (χ1n) is 5.89. The number of hydrazine groups is 1. The summed E-state index contributed by atoms with van der Waals surface area (Å²) >= 11 is 0. The molecule has 0 bridgehead atoms. The fourth-order valence-corrected chi connectivity index (χ4v) is 2.02. The Kier molecular flexibility index (Phi) is 5.07. The molecule has 0 saturated carbocycles. The summed E-state index contributed by atoms with van der Waals surface area (Å²) in [7, 11) is 1.43. The molecule has 102 valence electrons. The van der Waals surface area contributed by atoms with E-state index in [1.165, 1.54) is 13.2 Å². The van der Waals surface area contributed by atoms with Crippen LogP contribution >= 0.6 is 0 Å². The van der Waals surface area contributed by atoms with Gasteiger partial charge in [0.25, 0.3) is 0 Å². The molecule has 4 nitrogen and oxygen atoms in total. The van der Waals surface area contributed by atoms with E-state index in [1.807, 2.05) is 20.8 Å². The predicted octanol–water partition coefficient (Wildman–Crippen LogP) is 2.15. The highest BCUT2D eigenvalue weighted by molar-refractivity contribution is 5.32. The minimum Gasteiger partial charge on any atom is -0.494 e. The lowest BCUT2D eigenvalue weighted by molar-refractivity contribution is -0.0393. The van der Waals surface area contributed by atoms with Crippen LogP contribution in [0.4, 0.5) is 4.39 Å². The summed E-state index contributed by atoms with van der Waals surface area (Å²) in [6.07, 6.45) is 0. The van der Waals surface area contributed by atoms with Crippen LogP contribution in [0.2, 0.25) is 0 Å². The molecule has 0 radical (unpaired) electrons. The normalized spacial score (nSPS) is 13.4. The molecule has 5 heteroatoms. The second-order valence-corrected chi connectivity index (χ2v) is 4.53.